The molecule has 0 bridgehead atoms. The SMILES string of the molecule is COc1ccc(C)cc1C(N)c1ccc(C)c(C)c1. The Balaban J connectivity index is 2.45. The van der Waals surface area contributed by atoms with E-state index in [0.717, 1.165) is 16.9 Å². The number of ether oxygens (including phenoxy) is 1. The van der Waals surface area contributed by atoms with Gasteiger partial charge in [-0.3, -0.25) is 0 Å². The van der Waals surface area contributed by atoms with Gasteiger partial charge in [-0.2, -0.15) is 0 Å². The zero-order chi connectivity index (χ0) is 14.0. The van der Waals surface area contributed by atoms with E-state index in [1.807, 2.05) is 12.1 Å². The Kier molecular flexibility index (Phi) is 3.91. The van der Waals surface area contributed by atoms with E-state index >= 15 is 0 Å². The lowest BCUT2D eigenvalue weighted by Gasteiger charge is -2.18. The molecule has 0 aliphatic carbocycles. The summed E-state index contributed by atoms with van der Waals surface area (Å²) in [6, 6.07) is 12.3. The van der Waals surface area contributed by atoms with E-state index in [2.05, 4.69) is 45.0 Å². The summed E-state index contributed by atoms with van der Waals surface area (Å²) in [4.78, 5) is 0. The molecule has 0 fully saturated rings. The minimum absolute atomic E-state index is 0.158. The van der Waals surface area contributed by atoms with Gasteiger partial charge < -0.3 is 10.5 Å². The first-order chi connectivity index (χ1) is 9.02. The molecular formula is C17H21NO. The summed E-state index contributed by atoms with van der Waals surface area (Å²) in [6.45, 7) is 6.28. The largest absolute Gasteiger partial charge is 0.496 e. The van der Waals surface area contributed by atoms with Crippen LogP contribution in [0.15, 0.2) is 36.4 Å². The number of benzene rings is 2. The molecule has 1 unspecified atom stereocenters. The second kappa shape index (κ2) is 5.45. The molecule has 19 heavy (non-hydrogen) atoms. The van der Waals surface area contributed by atoms with Crippen molar-refractivity contribution in [2.24, 2.45) is 5.73 Å². The highest BCUT2D eigenvalue weighted by molar-refractivity contribution is 5.44. The predicted octanol–water partition coefficient (Wildman–Crippen LogP) is 3.67. The predicted molar refractivity (Wildman–Crippen MR) is 79.7 cm³/mol. The first-order valence-corrected chi connectivity index (χ1v) is 6.50. The fourth-order valence-electron chi connectivity index (χ4n) is 2.23. The zero-order valence-corrected chi connectivity index (χ0v) is 12.0. The van der Waals surface area contributed by atoms with Crippen LogP contribution >= 0.6 is 0 Å². The van der Waals surface area contributed by atoms with E-state index in [1.54, 1.807) is 7.11 Å². The van der Waals surface area contributed by atoms with Gasteiger partial charge >= 0.3 is 0 Å². The first-order valence-electron chi connectivity index (χ1n) is 6.50. The summed E-state index contributed by atoms with van der Waals surface area (Å²) in [7, 11) is 1.68. The standard InChI is InChI=1S/C17H21NO/c1-11-5-8-16(19-4)15(9-11)17(18)14-7-6-12(2)13(3)10-14/h5-10,17H,18H2,1-4H3. The normalized spacial score (nSPS) is 12.3. The summed E-state index contributed by atoms with van der Waals surface area (Å²) in [6.07, 6.45) is 0. The molecule has 1 atom stereocenters. The minimum atomic E-state index is -0.158. The molecule has 0 aromatic heterocycles. The molecule has 2 N–H and O–H groups in total. The second-order valence-electron chi connectivity index (χ2n) is 5.07. The third-order valence-corrected chi connectivity index (χ3v) is 3.61. The molecule has 2 nitrogen and oxygen atoms in total. The van der Waals surface area contributed by atoms with E-state index in [-0.39, 0.29) is 6.04 Å². The smallest absolute Gasteiger partial charge is 0.123 e. The first kappa shape index (κ1) is 13.6. The molecule has 0 heterocycles. The summed E-state index contributed by atoms with van der Waals surface area (Å²) in [5.74, 6) is 0.844. The van der Waals surface area contributed by atoms with Gasteiger partial charge in [0, 0.05) is 5.56 Å². The van der Waals surface area contributed by atoms with E-state index in [4.69, 9.17) is 10.5 Å². The van der Waals surface area contributed by atoms with Gasteiger partial charge in [-0.05, 0) is 43.5 Å². The average molecular weight is 255 g/mol. The molecule has 0 saturated carbocycles. The second-order valence-corrected chi connectivity index (χ2v) is 5.07. The lowest BCUT2D eigenvalue weighted by molar-refractivity contribution is 0.407. The molecule has 0 spiro atoms. The lowest BCUT2D eigenvalue weighted by atomic mass is 9.95. The summed E-state index contributed by atoms with van der Waals surface area (Å²) >= 11 is 0. The van der Waals surface area contributed by atoms with Crippen LogP contribution in [0.5, 0.6) is 5.75 Å². The molecule has 2 aromatic rings. The lowest BCUT2D eigenvalue weighted by Crippen LogP contribution is -2.13. The van der Waals surface area contributed by atoms with Gasteiger partial charge in [0.05, 0.1) is 13.2 Å². The van der Waals surface area contributed by atoms with Gasteiger partial charge in [0.25, 0.3) is 0 Å². The Labute approximate surface area is 115 Å². The van der Waals surface area contributed by atoms with E-state index in [9.17, 15) is 0 Å². The molecule has 2 rings (SSSR count). The Bertz CT molecular complexity index is 590. The Morgan fingerprint density at radius 3 is 2.32 bits per heavy atom. The molecular weight excluding hydrogens is 234 g/mol. The minimum Gasteiger partial charge on any atom is -0.496 e. The average Bonchev–Trinajstić information content (AvgIpc) is 2.41. The third kappa shape index (κ3) is 2.79. The van der Waals surface area contributed by atoms with Crippen molar-refractivity contribution in [2.45, 2.75) is 26.8 Å². The van der Waals surface area contributed by atoms with Crippen molar-refractivity contribution in [1.29, 1.82) is 0 Å². The van der Waals surface area contributed by atoms with Crippen molar-refractivity contribution < 1.29 is 4.74 Å². The van der Waals surface area contributed by atoms with Gasteiger partial charge in [0.2, 0.25) is 0 Å². The maximum atomic E-state index is 6.40. The van der Waals surface area contributed by atoms with E-state index in [0.29, 0.717) is 0 Å². The Hall–Kier alpha value is -1.80. The van der Waals surface area contributed by atoms with Gasteiger partial charge in [-0.15, -0.1) is 0 Å². The maximum absolute atomic E-state index is 6.40. The van der Waals surface area contributed by atoms with Gasteiger partial charge in [0.15, 0.2) is 0 Å². The van der Waals surface area contributed by atoms with Crippen LogP contribution < -0.4 is 10.5 Å². The van der Waals surface area contributed by atoms with E-state index in [1.165, 1.54) is 16.7 Å². The van der Waals surface area contributed by atoms with Gasteiger partial charge in [0.1, 0.15) is 5.75 Å². The van der Waals surface area contributed by atoms with Crippen LogP contribution in [0.1, 0.15) is 33.9 Å². The third-order valence-electron chi connectivity index (χ3n) is 3.61. The summed E-state index contributed by atoms with van der Waals surface area (Å²) in [5, 5.41) is 0. The number of nitrogens with two attached hydrogens (primary N) is 1. The quantitative estimate of drug-likeness (QED) is 0.908. The number of hydrogen-bond donors (Lipinski definition) is 1. The highest BCUT2D eigenvalue weighted by atomic mass is 16.5. The summed E-state index contributed by atoms with van der Waals surface area (Å²) in [5.41, 5.74) is 12.3. The topological polar surface area (TPSA) is 35.2 Å². The number of methoxy groups -OCH3 is 1. The van der Waals surface area contributed by atoms with Crippen molar-refractivity contribution in [2.75, 3.05) is 7.11 Å². The van der Waals surface area contributed by atoms with Crippen LogP contribution in [-0.2, 0) is 0 Å². The Morgan fingerprint density at radius 1 is 0.947 bits per heavy atom. The fourth-order valence-corrected chi connectivity index (χ4v) is 2.23. The summed E-state index contributed by atoms with van der Waals surface area (Å²) < 4.78 is 5.42. The molecule has 0 radical (unpaired) electrons. The van der Waals surface area contributed by atoms with Crippen LogP contribution in [0.2, 0.25) is 0 Å². The van der Waals surface area contributed by atoms with Crippen LogP contribution in [-0.4, -0.2) is 7.11 Å². The highest BCUT2D eigenvalue weighted by Crippen LogP contribution is 2.29. The van der Waals surface area contributed by atoms with Crippen LogP contribution in [0.4, 0.5) is 0 Å². The van der Waals surface area contributed by atoms with E-state index < -0.39 is 0 Å². The van der Waals surface area contributed by atoms with Crippen molar-refractivity contribution >= 4 is 0 Å². The molecule has 2 heteroatoms. The molecule has 0 saturated heterocycles. The van der Waals surface area contributed by atoms with Crippen molar-refractivity contribution in [3.05, 3.63) is 64.2 Å². The number of rotatable bonds is 3. The van der Waals surface area contributed by atoms with Crippen LogP contribution in [0.3, 0.4) is 0 Å². The van der Waals surface area contributed by atoms with Gasteiger partial charge in [-0.1, -0.05) is 35.9 Å². The number of aryl methyl sites for hydroxylation is 3. The molecule has 2 aromatic carbocycles. The number of hydrogen-bond acceptors (Lipinski definition) is 2. The Morgan fingerprint density at radius 2 is 1.68 bits per heavy atom. The van der Waals surface area contributed by atoms with Crippen molar-refractivity contribution in [1.82, 2.24) is 0 Å². The fraction of sp³-hybridized carbons (Fsp3) is 0.294. The maximum Gasteiger partial charge on any atom is 0.123 e. The zero-order valence-electron chi connectivity index (χ0n) is 12.0. The monoisotopic (exact) mass is 255 g/mol. The molecule has 0 aliphatic heterocycles. The van der Waals surface area contributed by atoms with Gasteiger partial charge in [-0.25, -0.2) is 0 Å². The van der Waals surface area contributed by atoms with Crippen LogP contribution in [0.25, 0.3) is 0 Å². The molecule has 0 amide bonds. The molecule has 0 aliphatic rings. The van der Waals surface area contributed by atoms with Crippen LogP contribution in [0, 0.1) is 20.8 Å². The van der Waals surface area contributed by atoms with Crippen molar-refractivity contribution in [3.63, 3.8) is 0 Å². The molecule has 100 valence electrons. The highest BCUT2D eigenvalue weighted by Gasteiger charge is 2.14. The van der Waals surface area contributed by atoms with Crippen molar-refractivity contribution in [3.8, 4) is 5.75 Å².